The molecule has 0 heteroatoms. The molecular weight excluding hydrogens is 144 g/mol. The Morgan fingerprint density at radius 3 is 2.25 bits per heavy atom. The quantitative estimate of drug-likeness (QED) is 0.638. The van der Waals surface area contributed by atoms with Gasteiger partial charge in [-0.25, -0.2) is 0 Å². The number of hydrogen-bond donors (Lipinski definition) is 0. The second kappa shape index (κ2) is 4.30. The molecule has 0 aliphatic rings. The highest BCUT2D eigenvalue weighted by molar-refractivity contribution is 5.14. The molecule has 0 spiro atoms. The van der Waals surface area contributed by atoms with Gasteiger partial charge in [-0.1, -0.05) is 45.0 Å². The van der Waals surface area contributed by atoms with Crippen LogP contribution in [0.1, 0.15) is 26.3 Å². The molecule has 1 atom stereocenters. The Kier molecular flexibility index (Phi) is 3.33. The molecule has 1 unspecified atom stereocenters. The Morgan fingerprint density at radius 1 is 1.17 bits per heavy atom. The lowest BCUT2D eigenvalue weighted by molar-refractivity contribution is 0.417. The Morgan fingerprint density at radius 2 is 1.75 bits per heavy atom. The third-order valence-corrected chi connectivity index (χ3v) is 2.48. The van der Waals surface area contributed by atoms with Crippen molar-refractivity contribution in [2.45, 2.75) is 27.2 Å². The molecule has 1 radical (unpaired) electrons. The van der Waals surface area contributed by atoms with Gasteiger partial charge in [-0.15, -0.1) is 0 Å². The van der Waals surface area contributed by atoms with Gasteiger partial charge in [0, 0.05) is 0 Å². The molecule has 1 aromatic carbocycles. The lowest BCUT2D eigenvalue weighted by atomic mass is 9.91. The highest BCUT2D eigenvalue weighted by Gasteiger charge is 2.06. The summed E-state index contributed by atoms with van der Waals surface area (Å²) in [5.74, 6) is 1.54. The van der Waals surface area contributed by atoms with E-state index in [1.54, 1.807) is 0 Å². The van der Waals surface area contributed by atoms with Crippen molar-refractivity contribution >= 4 is 0 Å². The molecule has 0 heterocycles. The topological polar surface area (TPSA) is 0 Å². The van der Waals surface area contributed by atoms with Crippen LogP contribution in [-0.2, 0) is 6.42 Å². The second-order valence-electron chi connectivity index (χ2n) is 3.83. The normalized spacial score (nSPS) is 13.3. The zero-order valence-electron chi connectivity index (χ0n) is 8.17. The third kappa shape index (κ3) is 2.69. The first kappa shape index (κ1) is 9.31. The smallest absolute Gasteiger partial charge is 0.0184 e. The summed E-state index contributed by atoms with van der Waals surface area (Å²) in [6.07, 6.45) is 1.19. The molecule has 0 saturated carbocycles. The summed E-state index contributed by atoms with van der Waals surface area (Å²) in [7, 11) is 0. The standard InChI is InChI=1S/C12H17/c1-10(2)11(3)9-12-7-5-4-6-8-12/h5-8,10-11H,9H2,1-3H3. The number of rotatable bonds is 3. The second-order valence-corrected chi connectivity index (χ2v) is 3.83. The van der Waals surface area contributed by atoms with Crippen LogP contribution in [-0.4, -0.2) is 0 Å². The minimum Gasteiger partial charge on any atom is -0.0625 e. The third-order valence-electron chi connectivity index (χ3n) is 2.48. The van der Waals surface area contributed by atoms with Crippen LogP contribution in [0.4, 0.5) is 0 Å². The van der Waals surface area contributed by atoms with E-state index in [0.717, 1.165) is 11.8 Å². The summed E-state index contributed by atoms with van der Waals surface area (Å²) in [5.41, 5.74) is 1.43. The first-order valence-corrected chi connectivity index (χ1v) is 4.65. The summed E-state index contributed by atoms with van der Waals surface area (Å²) >= 11 is 0. The van der Waals surface area contributed by atoms with Crippen molar-refractivity contribution in [2.75, 3.05) is 0 Å². The van der Waals surface area contributed by atoms with Crippen LogP contribution in [0.2, 0.25) is 0 Å². The van der Waals surface area contributed by atoms with Gasteiger partial charge in [-0.3, -0.25) is 0 Å². The van der Waals surface area contributed by atoms with Crippen LogP contribution in [0.15, 0.2) is 24.3 Å². The molecule has 0 amide bonds. The van der Waals surface area contributed by atoms with Crippen molar-refractivity contribution in [3.05, 3.63) is 35.9 Å². The maximum atomic E-state index is 3.04. The molecule has 1 aromatic rings. The SMILES string of the molecule is CC(C)C(C)Cc1cc[c]cc1. The van der Waals surface area contributed by atoms with E-state index in [4.69, 9.17) is 0 Å². The zero-order chi connectivity index (χ0) is 8.97. The summed E-state index contributed by atoms with van der Waals surface area (Å²) in [6.45, 7) is 6.86. The number of benzene rings is 1. The highest BCUT2D eigenvalue weighted by atomic mass is 14.1. The van der Waals surface area contributed by atoms with Crippen LogP contribution in [0.25, 0.3) is 0 Å². The van der Waals surface area contributed by atoms with E-state index in [1.807, 2.05) is 12.1 Å². The van der Waals surface area contributed by atoms with Gasteiger partial charge in [-0.05, 0) is 29.9 Å². The molecule has 0 fully saturated rings. The van der Waals surface area contributed by atoms with Gasteiger partial charge in [0.25, 0.3) is 0 Å². The van der Waals surface area contributed by atoms with Crippen molar-refractivity contribution in [3.63, 3.8) is 0 Å². The summed E-state index contributed by atoms with van der Waals surface area (Å²) < 4.78 is 0. The Bertz CT molecular complexity index is 211. The fourth-order valence-corrected chi connectivity index (χ4v) is 1.16. The minimum atomic E-state index is 0.771. The van der Waals surface area contributed by atoms with E-state index in [0.29, 0.717) is 0 Å². The minimum absolute atomic E-state index is 0.771. The van der Waals surface area contributed by atoms with Gasteiger partial charge in [0.15, 0.2) is 0 Å². The maximum Gasteiger partial charge on any atom is -0.0184 e. The molecule has 0 aromatic heterocycles. The van der Waals surface area contributed by atoms with Crippen molar-refractivity contribution < 1.29 is 0 Å². The van der Waals surface area contributed by atoms with Crippen molar-refractivity contribution in [3.8, 4) is 0 Å². The molecule has 0 saturated heterocycles. The molecule has 0 nitrogen and oxygen atoms in total. The Balaban J connectivity index is 2.53. The molecule has 0 N–H and O–H groups in total. The van der Waals surface area contributed by atoms with Gasteiger partial charge in [-0.2, -0.15) is 0 Å². The fraction of sp³-hybridized carbons (Fsp3) is 0.500. The highest BCUT2D eigenvalue weighted by Crippen LogP contribution is 2.15. The van der Waals surface area contributed by atoms with Crippen LogP contribution < -0.4 is 0 Å². The summed E-state index contributed by atoms with van der Waals surface area (Å²) in [4.78, 5) is 0. The van der Waals surface area contributed by atoms with Gasteiger partial charge in [0.05, 0.1) is 0 Å². The van der Waals surface area contributed by atoms with E-state index < -0.39 is 0 Å². The lowest BCUT2D eigenvalue weighted by Gasteiger charge is -2.14. The largest absolute Gasteiger partial charge is 0.0625 e. The van der Waals surface area contributed by atoms with Gasteiger partial charge < -0.3 is 0 Å². The first-order chi connectivity index (χ1) is 5.70. The van der Waals surface area contributed by atoms with E-state index >= 15 is 0 Å². The Hall–Kier alpha value is -0.780. The van der Waals surface area contributed by atoms with E-state index in [1.165, 1.54) is 12.0 Å². The van der Waals surface area contributed by atoms with Gasteiger partial charge >= 0.3 is 0 Å². The summed E-state index contributed by atoms with van der Waals surface area (Å²) in [5, 5.41) is 0. The van der Waals surface area contributed by atoms with E-state index in [9.17, 15) is 0 Å². The molecule has 65 valence electrons. The predicted molar refractivity (Wildman–Crippen MR) is 53.0 cm³/mol. The average molecular weight is 161 g/mol. The molecule has 1 rings (SSSR count). The van der Waals surface area contributed by atoms with E-state index in [2.05, 4.69) is 39.0 Å². The molecule has 0 aliphatic heterocycles. The number of hydrogen-bond acceptors (Lipinski definition) is 0. The van der Waals surface area contributed by atoms with Gasteiger partial charge in [0.1, 0.15) is 0 Å². The van der Waals surface area contributed by atoms with Crippen molar-refractivity contribution in [1.82, 2.24) is 0 Å². The molecule has 0 bridgehead atoms. The van der Waals surface area contributed by atoms with Crippen molar-refractivity contribution in [2.24, 2.45) is 11.8 Å². The van der Waals surface area contributed by atoms with Gasteiger partial charge in [0.2, 0.25) is 0 Å². The summed E-state index contributed by atoms with van der Waals surface area (Å²) in [6, 6.07) is 11.3. The van der Waals surface area contributed by atoms with Crippen LogP contribution in [0.3, 0.4) is 0 Å². The Labute approximate surface area is 75.6 Å². The lowest BCUT2D eigenvalue weighted by Crippen LogP contribution is -2.06. The predicted octanol–water partition coefficient (Wildman–Crippen LogP) is 3.32. The fourth-order valence-electron chi connectivity index (χ4n) is 1.16. The van der Waals surface area contributed by atoms with Crippen LogP contribution in [0.5, 0.6) is 0 Å². The molecule has 12 heavy (non-hydrogen) atoms. The van der Waals surface area contributed by atoms with E-state index in [-0.39, 0.29) is 0 Å². The van der Waals surface area contributed by atoms with Crippen LogP contribution >= 0.6 is 0 Å². The monoisotopic (exact) mass is 161 g/mol. The first-order valence-electron chi connectivity index (χ1n) is 4.65. The zero-order valence-corrected chi connectivity index (χ0v) is 8.17. The van der Waals surface area contributed by atoms with Crippen molar-refractivity contribution in [1.29, 1.82) is 0 Å². The molecular formula is C12H17. The van der Waals surface area contributed by atoms with Crippen LogP contribution in [0, 0.1) is 17.9 Å². The maximum absolute atomic E-state index is 3.04. The molecule has 0 aliphatic carbocycles. The average Bonchev–Trinajstić information content (AvgIpc) is 2.06.